The Hall–Kier alpha value is -1.58. The minimum Gasteiger partial charge on any atom is -0.445 e. The van der Waals surface area contributed by atoms with Crippen molar-refractivity contribution < 1.29 is 13.9 Å². The quantitative estimate of drug-likeness (QED) is 0.854. The van der Waals surface area contributed by atoms with Crippen LogP contribution in [0.5, 0.6) is 0 Å². The Morgan fingerprint density at radius 1 is 1.56 bits per heavy atom. The van der Waals surface area contributed by atoms with Crippen LogP contribution >= 0.6 is 0 Å². The van der Waals surface area contributed by atoms with Crippen LogP contribution in [0.2, 0.25) is 0 Å². The molecule has 0 aromatic heterocycles. The molecule has 1 saturated carbocycles. The molecule has 4 heteroatoms. The number of amides is 1. The molecule has 2 atom stereocenters. The molecule has 1 aromatic carbocycles. The average molecular weight is 223 g/mol. The smallest absolute Gasteiger partial charge is 0.407 e. The van der Waals surface area contributed by atoms with Crippen molar-refractivity contribution >= 4 is 6.09 Å². The molecular weight excluding hydrogens is 209 g/mol. The molecule has 3 nitrogen and oxygen atoms in total. The summed E-state index contributed by atoms with van der Waals surface area (Å²) in [6, 6.07) is 9.36. The van der Waals surface area contributed by atoms with Gasteiger partial charge in [0.05, 0.1) is 5.54 Å². The highest BCUT2D eigenvalue weighted by Crippen LogP contribution is 2.38. The molecule has 1 fully saturated rings. The Morgan fingerprint density at radius 2 is 2.19 bits per heavy atom. The zero-order valence-corrected chi connectivity index (χ0v) is 9.07. The monoisotopic (exact) mass is 223 g/mol. The number of halogens is 1. The van der Waals surface area contributed by atoms with E-state index < -0.39 is 17.8 Å². The van der Waals surface area contributed by atoms with Crippen molar-refractivity contribution in [1.29, 1.82) is 0 Å². The van der Waals surface area contributed by atoms with E-state index in [1.807, 2.05) is 30.3 Å². The Balaban J connectivity index is 1.77. The molecular formula is C12H14FNO2. The Bertz CT molecular complexity index is 382. The van der Waals surface area contributed by atoms with E-state index in [1.165, 1.54) is 0 Å². The van der Waals surface area contributed by atoms with Gasteiger partial charge in [-0.1, -0.05) is 30.3 Å². The van der Waals surface area contributed by atoms with Crippen molar-refractivity contribution in [2.45, 2.75) is 31.7 Å². The third kappa shape index (κ3) is 2.51. The number of alkyl carbamates (subject to hydrolysis) is 1. The highest BCUT2D eigenvalue weighted by atomic mass is 19.1. The van der Waals surface area contributed by atoms with Crippen molar-refractivity contribution in [2.24, 2.45) is 0 Å². The lowest BCUT2D eigenvalue weighted by Crippen LogP contribution is -2.36. The summed E-state index contributed by atoms with van der Waals surface area (Å²) in [6.45, 7) is 1.88. The summed E-state index contributed by atoms with van der Waals surface area (Å²) >= 11 is 0. The Morgan fingerprint density at radius 3 is 2.75 bits per heavy atom. The molecule has 0 aliphatic heterocycles. The fraction of sp³-hybridized carbons (Fsp3) is 0.417. The highest BCUT2D eigenvalue weighted by molar-refractivity contribution is 5.69. The predicted octanol–water partition coefficient (Wildman–Crippen LogP) is 2.41. The van der Waals surface area contributed by atoms with Crippen molar-refractivity contribution in [2.75, 3.05) is 0 Å². The third-order valence-corrected chi connectivity index (χ3v) is 2.73. The van der Waals surface area contributed by atoms with Crippen LogP contribution in [0.25, 0.3) is 0 Å². The van der Waals surface area contributed by atoms with E-state index in [1.54, 1.807) is 6.92 Å². The molecule has 1 aliphatic carbocycles. The molecule has 1 amide bonds. The largest absolute Gasteiger partial charge is 0.445 e. The van der Waals surface area contributed by atoms with Crippen LogP contribution < -0.4 is 5.32 Å². The van der Waals surface area contributed by atoms with Gasteiger partial charge in [-0.2, -0.15) is 0 Å². The lowest BCUT2D eigenvalue weighted by atomic mass is 10.2. The fourth-order valence-corrected chi connectivity index (χ4v) is 1.44. The van der Waals surface area contributed by atoms with Gasteiger partial charge in [-0.25, -0.2) is 9.18 Å². The number of alkyl halides is 1. The standard InChI is InChI=1S/C12H14FNO2/c1-12(7-10(12)13)14-11(15)16-8-9-5-3-2-4-6-9/h2-6,10H,7-8H2,1H3,(H,14,15)/t10-,12-/m1/s1. The van der Waals surface area contributed by atoms with Gasteiger partial charge >= 0.3 is 6.09 Å². The van der Waals surface area contributed by atoms with Crippen LogP contribution in [-0.2, 0) is 11.3 Å². The van der Waals surface area contributed by atoms with Crippen molar-refractivity contribution in [3.8, 4) is 0 Å². The van der Waals surface area contributed by atoms with Crippen LogP contribution in [0, 0.1) is 0 Å². The van der Waals surface area contributed by atoms with E-state index >= 15 is 0 Å². The molecule has 0 bridgehead atoms. The lowest BCUT2D eigenvalue weighted by molar-refractivity contribution is 0.133. The topological polar surface area (TPSA) is 38.3 Å². The number of rotatable bonds is 3. The SMILES string of the molecule is C[C@@]1(NC(=O)OCc2ccccc2)C[C@H]1F. The van der Waals surface area contributed by atoms with E-state index in [4.69, 9.17) is 4.74 Å². The van der Waals surface area contributed by atoms with Crippen molar-refractivity contribution in [1.82, 2.24) is 5.32 Å². The van der Waals surface area contributed by atoms with Crippen LogP contribution in [0.1, 0.15) is 18.9 Å². The molecule has 0 radical (unpaired) electrons. The third-order valence-electron chi connectivity index (χ3n) is 2.73. The predicted molar refractivity (Wildman–Crippen MR) is 57.7 cm³/mol. The number of hydrogen-bond acceptors (Lipinski definition) is 2. The summed E-state index contributed by atoms with van der Waals surface area (Å²) in [5.41, 5.74) is 0.198. The maximum absolute atomic E-state index is 12.8. The van der Waals surface area contributed by atoms with Crippen LogP contribution in [0.3, 0.4) is 0 Å². The van der Waals surface area contributed by atoms with Crippen LogP contribution in [0.15, 0.2) is 30.3 Å². The van der Waals surface area contributed by atoms with E-state index in [-0.39, 0.29) is 6.61 Å². The maximum Gasteiger partial charge on any atom is 0.407 e. The first kappa shape index (κ1) is 10.9. The zero-order chi connectivity index (χ0) is 11.6. The highest BCUT2D eigenvalue weighted by Gasteiger charge is 2.52. The minimum atomic E-state index is -0.947. The number of hydrogen-bond donors (Lipinski definition) is 1. The summed E-state index contributed by atoms with van der Waals surface area (Å²) in [5, 5.41) is 2.51. The van der Waals surface area contributed by atoms with E-state index in [9.17, 15) is 9.18 Å². The number of ether oxygens (including phenoxy) is 1. The molecule has 0 unspecified atom stereocenters. The van der Waals surface area contributed by atoms with Gasteiger partial charge in [0, 0.05) is 6.42 Å². The van der Waals surface area contributed by atoms with Gasteiger partial charge in [-0.15, -0.1) is 0 Å². The molecule has 2 rings (SSSR count). The Kier molecular flexibility index (Phi) is 2.81. The van der Waals surface area contributed by atoms with Crippen molar-refractivity contribution in [3.05, 3.63) is 35.9 Å². The van der Waals surface area contributed by atoms with Crippen molar-refractivity contribution in [3.63, 3.8) is 0 Å². The fourth-order valence-electron chi connectivity index (χ4n) is 1.44. The van der Waals surface area contributed by atoms with Gasteiger partial charge in [0.15, 0.2) is 0 Å². The normalized spacial score (nSPS) is 27.2. The van der Waals surface area contributed by atoms with Gasteiger partial charge in [0.2, 0.25) is 0 Å². The van der Waals surface area contributed by atoms with Crippen LogP contribution in [0.4, 0.5) is 9.18 Å². The number of nitrogens with one attached hydrogen (secondary N) is 1. The lowest BCUT2D eigenvalue weighted by Gasteiger charge is -2.11. The second kappa shape index (κ2) is 4.12. The van der Waals surface area contributed by atoms with E-state index in [0.717, 1.165) is 5.56 Å². The van der Waals surface area contributed by atoms with Crippen LogP contribution in [-0.4, -0.2) is 17.8 Å². The molecule has 0 saturated heterocycles. The number of benzene rings is 1. The second-order valence-electron chi connectivity index (χ2n) is 4.28. The Labute approximate surface area is 93.6 Å². The summed E-state index contributed by atoms with van der Waals surface area (Å²) < 4.78 is 17.8. The zero-order valence-electron chi connectivity index (χ0n) is 9.07. The molecule has 0 spiro atoms. The molecule has 1 aromatic rings. The average Bonchev–Trinajstić information content (AvgIpc) is 2.84. The molecule has 1 N–H and O–H groups in total. The van der Waals surface area contributed by atoms with Gasteiger partial charge < -0.3 is 10.1 Å². The summed E-state index contributed by atoms with van der Waals surface area (Å²) in [5.74, 6) is 0. The first-order valence-corrected chi connectivity index (χ1v) is 5.23. The minimum absolute atomic E-state index is 0.208. The van der Waals surface area contributed by atoms with Gasteiger partial charge in [-0.05, 0) is 12.5 Å². The van der Waals surface area contributed by atoms with E-state index in [0.29, 0.717) is 6.42 Å². The van der Waals surface area contributed by atoms with Gasteiger partial charge in [-0.3, -0.25) is 0 Å². The molecule has 86 valence electrons. The maximum atomic E-state index is 12.8. The number of carbonyl (C=O) groups is 1. The summed E-state index contributed by atoms with van der Waals surface area (Å²) in [4.78, 5) is 11.3. The first-order chi connectivity index (χ1) is 7.60. The second-order valence-corrected chi connectivity index (χ2v) is 4.28. The summed E-state index contributed by atoms with van der Waals surface area (Å²) in [7, 11) is 0. The molecule has 0 heterocycles. The van der Waals surface area contributed by atoms with E-state index in [2.05, 4.69) is 5.32 Å². The summed E-state index contributed by atoms with van der Waals surface area (Å²) in [6.07, 6.45) is -1.14. The first-order valence-electron chi connectivity index (χ1n) is 5.23. The number of carbonyl (C=O) groups excluding carboxylic acids is 1. The molecule has 1 aliphatic rings. The van der Waals surface area contributed by atoms with Gasteiger partial charge in [0.25, 0.3) is 0 Å². The van der Waals surface area contributed by atoms with Gasteiger partial charge in [0.1, 0.15) is 12.8 Å². The molecule has 16 heavy (non-hydrogen) atoms.